The van der Waals surface area contributed by atoms with E-state index >= 15 is 0 Å². The molecule has 3 heterocycles. The summed E-state index contributed by atoms with van der Waals surface area (Å²) < 4.78 is 9.44. The predicted octanol–water partition coefficient (Wildman–Crippen LogP) is 1.49. The average molecular weight is 329 g/mol. The summed E-state index contributed by atoms with van der Waals surface area (Å²) in [6.07, 6.45) is 7.10. The molecule has 3 fully saturated rings. The Kier molecular flexibility index (Phi) is 3.57. The second-order valence-electron chi connectivity index (χ2n) is 7.37. The van der Waals surface area contributed by atoms with E-state index in [1.165, 1.54) is 25.7 Å². The molecule has 0 bridgehead atoms. The van der Waals surface area contributed by atoms with E-state index in [2.05, 4.69) is 20.2 Å². The molecule has 0 radical (unpaired) electrons. The minimum atomic E-state index is 0.585. The van der Waals surface area contributed by atoms with E-state index in [0.717, 1.165) is 50.1 Å². The van der Waals surface area contributed by atoms with E-state index in [0.29, 0.717) is 24.3 Å². The van der Waals surface area contributed by atoms with Crippen LogP contribution in [-0.4, -0.2) is 48.2 Å². The van der Waals surface area contributed by atoms with Crippen molar-refractivity contribution in [2.45, 2.75) is 63.5 Å². The van der Waals surface area contributed by atoms with Crippen molar-refractivity contribution in [3.05, 3.63) is 17.5 Å². The quantitative estimate of drug-likeness (QED) is 0.798. The fourth-order valence-electron chi connectivity index (χ4n) is 3.43. The highest BCUT2D eigenvalue weighted by atomic mass is 16.5. The van der Waals surface area contributed by atoms with Crippen molar-refractivity contribution in [3.8, 4) is 0 Å². The second kappa shape index (κ2) is 5.91. The van der Waals surface area contributed by atoms with Crippen LogP contribution in [-0.2, 0) is 17.8 Å². The molecule has 1 aliphatic heterocycles. The van der Waals surface area contributed by atoms with Gasteiger partial charge < -0.3 is 4.74 Å². The van der Waals surface area contributed by atoms with Gasteiger partial charge >= 0.3 is 0 Å². The lowest BCUT2D eigenvalue weighted by molar-refractivity contribution is 0.0596. The Hall–Kier alpha value is -1.83. The van der Waals surface area contributed by atoms with Crippen LogP contribution in [0.25, 0.3) is 0 Å². The van der Waals surface area contributed by atoms with Crippen molar-refractivity contribution in [2.24, 2.45) is 5.92 Å². The van der Waals surface area contributed by atoms with Crippen LogP contribution in [0.3, 0.4) is 0 Å². The number of hydrogen-bond acceptors (Lipinski definition) is 6. The average Bonchev–Trinajstić information content (AvgIpc) is 3.54. The normalized spacial score (nSPS) is 22.2. The fourth-order valence-corrected chi connectivity index (χ4v) is 3.43. The van der Waals surface area contributed by atoms with E-state index in [1.54, 1.807) is 0 Å². The number of tetrazole rings is 1. The molecule has 8 heteroatoms. The topological polar surface area (TPSA) is 83.5 Å². The van der Waals surface area contributed by atoms with Gasteiger partial charge in [0.15, 0.2) is 11.6 Å². The Labute approximate surface area is 140 Å². The Morgan fingerprint density at radius 1 is 0.958 bits per heavy atom. The van der Waals surface area contributed by atoms with Gasteiger partial charge in [-0.05, 0) is 54.9 Å². The third-order valence-electron chi connectivity index (χ3n) is 5.27. The maximum Gasteiger partial charge on any atom is 0.172 e. The first kappa shape index (κ1) is 14.5. The summed E-state index contributed by atoms with van der Waals surface area (Å²) in [6.45, 7) is 3.19. The summed E-state index contributed by atoms with van der Waals surface area (Å²) in [5.41, 5.74) is 0. The van der Waals surface area contributed by atoms with Crippen molar-refractivity contribution >= 4 is 0 Å². The van der Waals surface area contributed by atoms with Crippen molar-refractivity contribution in [3.63, 3.8) is 0 Å². The number of hydrogen-bond donors (Lipinski definition) is 0. The molecular formula is C16H23N7O. The lowest BCUT2D eigenvalue weighted by Gasteiger charge is -2.21. The predicted molar refractivity (Wildman–Crippen MR) is 84.4 cm³/mol. The standard InChI is InChI=1S/C16H23N7O/c1-2-12(1)15-17-16(13-3-4-13)23(19-15)10-14-18-20-21-22(14)9-11-5-7-24-8-6-11/h11-13H,1-10H2. The minimum Gasteiger partial charge on any atom is -0.381 e. The Morgan fingerprint density at radius 3 is 2.50 bits per heavy atom. The molecule has 0 unspecified atom stereocenters. The highest BCUT2D eigenvalue weighted by molar-refractivity contribution is 5.13. The summed E-state index contributed by atoms with van der Waals surface area (Å²) in [5, 5.41) is 17.1. The fraction of sp³-hybridized carbons (Fsp3) is 0.812. The van der Waals surface area contributed by atoms with Gasteiger partial charge in [-0.2, -0.15) is 5.10 Å². The van der Waals surface area contributed by atoms with Crippen LogP contribution in [0.5, 0.6) is 0 Å². The van der Waals surface area contributed by atoms with Gasteiger partial charge in [0.25, 0.3) is 0 Å². The molecule has 8 nitrogen and oxygen atoms in total. The first-order valence-electron chi connectivity index (χ1n) is 9.14. The van der Waals surface area contributed by atoms with Crippen LogP contribution in [0.1, 0.15) is 67.8 Å². The van der Waals surface area contributed by atoms with Crippen LogP contribution in [0.2, 0.25) is 0 Å². The van der Waals surface area contributed by atoms with Gasteiger partial charge in [-0.1, -0.05) is 0 Å². The molecule has 5 rings (SSSR count). The van der Waals surface area contributed by atoms with E-state index < -0.39 is 0 Å². The van der Waals surface area contributed by atoms with Crippen molar-refractivity contribution in [1.29, 1.82) is 0 Å². The van der Waals surface area contributed by atoms with E-state index in [9.17, 15) is 0 Å². The SMILES string of the molecule is C1CC(Cn2nnnc2Cn2nc(C3CC3)nc2C2CC2)CCO1. The van der Waals surface area contributed by atoms with Crippen molar-refractivity contribution in [1.82, 2.24) is 35.0 Å². The zero-order chi connectivity index (χ0) is 15.9. The Bertz CT molecular complexity index is 710. The van der Waals surface area contributed by atoms with Gasteiger partial charge in [0.1, 0.15) is 12.4 Å². The molecule has 0 aromatic carbocycles. The van der Waals surface area contributed by atoms with Crippen molar-refractivity contribution < 1.29 is 4.74 Å². The lowest BCUT2D eigenvalue weighted by Crippen LogP contribution is -2.23. The van der Waals surface area contributed by atoms with Gasteiger partial charge in [-0.15, -0.1) is 5.10 Å². The molecule has 24 heavy (non-hydrogen) atoms. The number of rotatable bonds is 6. The van der Waals surface area contributed by atoms with Crippen LogP contribution >= 0.6 is 0 Å². The molecule has 1 saturated heterocycles. The smallest absolute Gasteiger partial charge is 0.172 e. The number of ether oxygens (including phenoxy) is 1. The first-order chi connectivity index (χ1) is 11.9. The highest BCUT2D eigenvalue weighted by Crippen LogP contribution is 2.42. The van der Waals surface area contributed by atoms with Gasteiger partial charge in [0.2, 0.25) is 0 Å². The van der Waals surface area contributed by atoms with E-state index in [1.807, 2.05) is 4.68 Å². The second-order valence-corrected chi connectivity index (χ2v) is 7.37. The third-order valence-corrected chi connectivity index (χ3v) is 5.27. The van der Waals surface area contributed by atoms with Crippen LogP contribution < -0.4 is 0 Å². The van der Waals surface area contributed by atoms with E-state index in [4.69, 9.17) is 14.8 Å². The first-order valence-corrected chi connectivity index (χ1v) is 9.14. The highest BCUT2D eigenvalue weighted by Gasteiger charge is 2.34. The maximum absolute atomic E-state index is 5.44. The Balaban J connectivity index is 1.35. The molecular weight excluding hydrogens is 306 g/mol. The maximum atomic E-state index is 5.44. The molecule has 2 aliphatic carbocycles. The molecule has 0 N–H and O–H groups in total. The van der Waals surface area contributed by atoms with Crippen LogP contribution in [0, 0.1) is 5.92 Å². The molecule has 0 atom stereocenters. The Morgan fingerprint density at radius 2 is 1.75 bits per heavy atom. The zero-order valence-electron chi connectivity index (χ0n) is 13.8. The van der Waals surface area contributed by atoms with Gasteiger partial charge in [-0.25, -0.2) is 14.3 Å². The summed E-state index contributed by atoms with van der Waals surface area (Å²) in [5.74, 6) is 4.82. The molecule has 3 aliphatic rings. The zero-order valence-corrected chi connectivity index (χ0v) is 13.8. The van der Waals surface area contributed by atoms with Crippen LogP contribution in [0.15, 0.2) is 0 Å². The molecule has 2 aromatic rings. The largest absolute Gasteiger partial charge is 0.381 e. The third kappa shape index (κ3) is 2.94. The molecule has 2 aromatic heterocycles. The van der Waals surface area contributed by atoms with Gasteiger partial charge in [-0.3, -0.25) is 0 Å². The number of aromatic nitrogens is 7. The summed E-state index contributed by atoms with van der Waals surface area (Å²) in [7, 11) is 0. The monoisotopic (exact) mass is 329 g/mol. The summed E-state index contributed by atoms with van der Waals surface area (Å²) >= 11 is 0. The van der Waals surface area contributed by atoms with E-state index in [-0.39, 0.29) is 0 Å². The summed E-state index contributed by atoms with van der Waals surface area (Å²) in [4.78, 5) is 4.82. The molecule has 0 spiro atoms. The lowest BCUT2D eigenvalue weighted by atomic mass is 10.0. The number of nitrogens with zero attached hydrogens (tertiary/aromatic N) is 7. The molecule has 128 valence electrons. The molecule has 0 amide bonds. The van der Waals surface area contributed by atoms with Crippen LogP contribution in [0.4, 0.5) is 0 Å². The van der Waals surface area contributed by atoms with Crippen molar-refractivity contribution in [2.75, 3.05) is 13.2 Å². The van der Waals surface area contributed by atoms with Gasteiger partial charge in [0, 0.05) is 31.6 Å². The molecule has 2 saturated carbocycles. The van der Waals surface area contributed by atoms with Gasteiger partial charge in [0.05, 0.1) is 0 Å². The summed E-state index contributed by atoms with van der Waals surface area (Å²) in [6, 6.07) is 0. The minimum absolute atomic E-state index is 0.585.